The Morgan fingerprint density at radius 2 is 1.83 bits per heavy atom. The van der Waals surface area contributed by atoms with Crippen LogP contribution in [0.15, 0.2) is 53.4 Å². The number of thioether (sulfide) groups is 1. The lowest BCUT2D eigenvalue weighted by molar-refractivity contribution is -0.137. The summed E-state index contributed by atoms with van der Waals surface area (Å²) >= 11 is 1.36. The van der Waals surface area contributed by atoms with Gasteiger partial charge in [-0.2, -0.15) is 13.2 Å². The second-order valence-corrected chi connectivity index (χ2v) is 5.42. The van der Waals surface area contributed by atoms with Crippen molar-refractivity contribution in [3.8, 4) is 5.75 Å². The highest BCUT2D eigenvalue weighted by atomic mass is 32.2. The molecule has 0 unspecified atom stereocenters. The Morgan fingerprint density at radius 3 is 2.43 bits per heavy atom. The van der Waals surface area contributed by atoms with Gasteiger partial charge in [-0.25, -0.2) is 4.79 Å². The summed E-state index contributed by atoms with van der Waals surface area (Å²) in [5.41, 5.74) is -1.18. The maximum Gasteiger partial charge on any atom is 0.416 e. The monoisotopic (exact) mass is 342 g/mol. The molecule has 7 heteroatoms. The van der Waals surface area contributed by atoms with Gasteiger partial charge in [-0.05, 0) is 30.3 Å². The van der Waals surface area contributed by atoms with E-state index in [0.717, 1.165) is 30.2 Å². The van der Waals surface area contributed by atoms with Crippen LogP contribution >= 0.6 is 11.8 Å². The van der Waals surface area contributed by atoms with E-state index >= 15 is 0 Å². The molecule has 23 heavy (non-hydrogen) atoms. The maximum atomic E-state index is 12.7. The van der Waals surface area contributed by atoms with E-state index in [4.69, 9.17) is 4.74 Å². The fourth-order valence-electron chi connectivity index (χ4n) is 1.78. The summed E-state index contributed by atoms with van der Waals surface area (Å²) < 4.78 is 48.2. The van der Waals surface area contributed by atoms with Crippen LogP contribution < -0.4 is 4.74 Å². The molecule has 0 amide bonds. The third kappa shape index (κ3) is 4.66. The second kappa shape index (κ2) is 7.41. The number of carbonyl (C=O) groups is 1. The molecule has 0 spiro atoms. The molecule has 2 aromatic rings. The molecule has 0 N–H and O–H groups in total. The summed E-state index contributed by atoms with van der Waals surface area (Å²) in [6.45, 7) is 0. The summed E-state index contributed by atoms with van der Waals surface area (Å²) in [6, 6.07) is 12.1. The molecule has 0 heterocycles. The predicted molar refractivity (Wildman–Crippen MR) is 80.6 cm³/mol. The molecular weight excluding hydrogens is 329 g/mol. The number of hydrogen-bond donors (Lipinski definition) is 0. The zero-order valence-electron chi connectivity index (χ0n) is 12.1. The largest absolute Gasteiger partial charge is 0.482 e. The third-order valence-corrected chi connectivity index (χ3v) is 3.74. The van der Waals surface area contributed by atoms with Gasteiger partial charge in [0.05, 0.1) is 12.7 Å². The number of carbonyl (C=O) groups excluding carboxylic acids is 1. The SMILES string of the molecule is COC(=O)c1cc(C(F)(F)F)ccc1OCSc1ccccc1. The number of methoxy groups -OCH3 is 1. The number of benzene rings is 2. The van der Waals surface area contributed by atoms with Crippen LogP contribution in [0.2, 0.25) is 0 Å². The van der Waals surface area contributed by atoms with Gasteiger partial charge in [0.1, 0.15) is 17.3 Å². The van der Waals surface area contributed by atoms with Crippen LogP contribution in [0.25, 0.3) is 0 Å². The summed E-state index contributed by atoms with van der Waals surface area (Å²) in [5.74, 6) is -0.677. The molecule has 2 aromatic carbocycles. The third-order valence-electron chi connectivity index (χ3n) is 2.90. The number of halogens is 3. The molecule has 0 atom stereocenters. The fraction of sp³-hybridized carbons (Fsp3) is 0.188. The van der Waals surface area contributed by atoms with Gasteiger partial charge < -0.3 is 9.47 Å². The van der Waals surface area contributed by atoms with Crippen LogP contribution in [-0.4, -0.2) is 19.0 Å². The van der Waals surface area contributed by atoms with Gasteiger partial charge in [-0.3, -0.25) is 0 Å². The molecular formula is C16H13F3O3S. The van der Waals surface area contributed by atoms with E-state index in [-0.39, 0.29) is 17.3 Å². The molecule has 0 fully saturated rings. The van der Waals surface area contributed by atoms with Gasteiger partial charge in [-0.1, -0.05) is 30.0 Å². The first kappa shape index (κ1) is 17.2. The van der Waals surface area contributed by atoms with Crippen molar-refractivity contribution in [2.75, 3.05) is 13.0 Å². The van der Waals surface area contributed by atoms with E-state index in [2.05, 4.69) is 4.74 Å². The van der Waals surface area contributed by atoms with Crippen LogP contribution in [0, 0.1) is 0 Å². The molecule has 0 saturated heterocycles. The lowest BCUT2D eigenvalue weighted by Crippen LogP contribution is -2.10. The lowest BCUT2D eigenvalue weighted by Gasteiger charge is -2.13. The molecule has 0 saturated carbocycles. The van der Waals surface area contributed by atoms with Crippen molar-refractivity contribution < 1.29 is 27.4 Å². The van der Waals surface area contributed by atoms with Gasteiger partial charge in [-0.15, -0.1) is 0 Å². The minimum absolute atomic E-state index is 0.0493. The molecule has 0 aliphatic carbocycles. The highest BCUT2D eigenvalue weighted by molar-refractivity contribution is 7.99. The smallest absolute Gasteiger partial charge is 0.416 e. The lowest BCUT2D eigenvalue weighted by atomic mass is 10.1. The Kier molecular flexibility index (Phi) is 5.54. The number of esters is 1. The topological polar surface area (TPSA) is 35.5 Å². The average molecular weight is 342 g/mol. The van der Waals surface area contributed by atoms with Gasteiger partial charge >= 0.3 is 12.1 Å². The van der Waals surface area contributed by atoms with Crippen molar-refractivity contribution in [1.29, 1.82) is 0 Å². The highest BCUT2D eigenvalue weighted by Gasteiger charge is 2.32. The van der Waals surface area contributed by atoms with E-state index in [1.807, 2.05) is 30.3 Å². The van der Waals surface area contributed by atoms with Crippen molar-refractivity contribution in [3.05, 3.63) is 59.7 Å². The van der Waals surface area contributed by atoms with Crippen LogP contribution in [0.4, 0.5) is 13.2 Å². The van der Waals surface area contributed by atoms with Crippen molar-refractivity contribution in [1.82, 2.24) is 0 Å². The van der Waals surface area contributed by atoms with Crippen LogP contribution in [0.3, 0.4) is 0 Å². The zero-order valence-corrected chi connectivity index (χ0v) is 12.9. The standard InChI is InChI=1S/C16H13F3O3S/c1-21-15(20)13-9-11(16(17,18)19)7-8-14(13)22-10-23-12-5-3-2-4-6-12/h2-9H,10H2,1H3. The van der Waals surface area contributed by atoms with E-state index in [0.29, 0.717) is 0 Å². The quantitative estimate of drug-likeness (QED) is 0.451. The highest BCUT2D eigenvalue weighted by Crippen LogP contribution is 2.33. The molecule has 0 radical (unpaired) electrons. The molecule has 0 aromatic heterocycles. The van der Waals surface area contributed by atoms with Crippen molar-refractivity contribution in [2.24, 2.45) is 0 Å². The predicted octanol–water partition coefficient (Wildman–Crippen LogP) is 4.62. The minimum Gasteiger partial charge on any atom is -0.482 e. The van der Waals surface area contributed by atoms with E-state index < -0.39 is 17.7 Å². The Morgan fingerprint density at radius 1 is 1.13 bits per heavy atom. The summed E-state index contributed by atoms with van der Waals surface area (Å²) in [4.78, 5) is 12.6. The van der Waals surface area contributed by atoms with Crippen LogP contribution in [0.1, 0.15) is 15.9 Å². The number of ether oxygens (including phenoxy) is 2. The Hall–Kier alpha value is -2.15. The fourth-order valence-corrected chi connectivity index (χ4v) is 2.45. The van der Waals surface area contributed by atoms with Crippen LogP contribution in [0.5, 0.6) is 5.75 Å². The zero-order chi connectivity index (χ0) is 16.9. The molecule has 3 nitrogen and oxygen atoms in total. The first-order valence-corrected chi connectivity index (χ1v) is 7.50. The maximum absolute atomic E-state index is 12.7. The first-order valence-electron chi connectivity index (χ1n) is 6.52. The summed E-state index contributed by atoms with van der Waals surface area (Å²) in [5, 5.41) is 0. The van der Waals surface area contributed by atoms with Gasteiger partial charge in [0.25, 0.3) is 0 Å². The summed E-state index contributed by atoms with van der Waals surface area (Å²) in [6.07, 6.45) is -4.54. The van der Waals surface area contributed by atoms with Gasteiger partial charge in [0.2, 0.25) is 0 Å². The molecule has 122 valence electrons. The van der Waals surface area contributed by atoms with E-state index in [1.165, 1.54) is 11.8 Å². The van der Waals surface area contributed by atoms with Gasteiger partial charge in [0.15, 0.2) is 0 Å². The molecule has 0 bridgehead atoms. The Labute approximate surface area is 135 Å². The molecule has 2 rings (SSSR count). The first-order chi connectivity index (χ1) is 10.9. The minimum atomic E-state index is -4.54. The average Bonchev–Trinajstić information content (AvgIpc) is 2.54. The second-order valence-electron chi connectivity index (χ2n) is 4.42. The normalized spacial score (nSPS) is 11.1. The molecule has 0 aliphatic heterocycles. The Balaban J connectivity index is 2.15. The Bertz CT molecular complexity index is 672. The van der Waals surface area contributed by atoms with Crippen LogP contribution in [-0.2, 0) is 10.9 Å². The van der Waals surface area contributed by atoms with Crippen molar-refractivity contribution in [3.63, 3.8) is 0 Å². The van der Waals surface area contributed by atoms with E-state index in [1.54, 1.807) is 0 Å². The van der Waals surface area contributed by atoms with Gasteiger partial charge in [0, 0.05) is 4.90 Å². The number of rotatable bonds is 5. The number of hydrogen-bond acceptors (Lipinski definition) is 4. The van der Waals surface area contributed by atoms with Crippen molar-refractivity contribution >= 4 is 17.7 Å². The molecule has 0 aliphatic rings. The van der Waals surface area contributed by atoms with E-state index in [9.17, 15) is 18.0 Å². The summed E-state index contributed by atoms with van der Waals surface area (Å²) in [7, 11) is 1.10. The number of alkyl halides is 3. The van der Waals surface area contributed by atoms with Crippen molar-refractivity contribution in [2.45, 2.75) is 11.1 Å².